The lowest BCUT2D eigenvalue weighted by molar-refractivity contribution is 0.660. The van der Waals surface area contributed by atoms with E-state index in [1.54, 1.807) is 0 Å². The summed E-state index contributed by atoms with van der Waals surface area (Å²) in [6, 6.07) is 54.6. The second-order valence-electron chi connectivity index (χ2n) is 15.3. The Labute approximate surface area is 304 Å². The van der Waals surface area contributed by atoms with E-state index in [0.29, 0.717) is 17.5 Å². The fourth-order valence-corrected chi connectivity index (χ4v) is 8.80. The first-order valence-electron chi connectivity index (χ1n) is 18.1. The first-order chi connectivity index (χ1) is 25.3. The van der Waals surface area contributed by atoms with Crippen LogP contribution in [0.5, 0.6) is 0 Å². The minimum atomic E-state index is -0.154. The number of benzene rings is 7. The molecular weight excluding hydrogens is 631 g/mol. The quantitative estimate of drug-likeness (QED) is 0.187. The van der Waals surface area contributed by atoms with Crippen LogP contribution < -0.4 is 0 Å². The SMILES string of the molecule is CC1(C)c2ccccc2-c2ccc(-c3nc(-c4ccccc4)nc(-c4ccc5c6c(ccc5c4)-c4ccc(-c5ccccc5)cc4C6(C)C)n3)cc21. The average Bonchev–Trinajstić information content (AvgIpc) is 3.57. The van der Waals surface area contributed by atoms with E-state index in [0.717, 1.165) is 16.7 Å². The maximum absolute atomic E-state index is 5.18. The molecule has 0 aliphatic heterocycles. The van der Waals surface area contributed by atoms with E-state index in [1.807, 2.05) is 18.2 Å². The number of rotatable bonds is 4. The van der Waals surface area contributed by atoms with Crippen LogP contribution in [-0.4, -0.2) is 15.0 Å². The van der Waals surface area contributed by atoms with Crippen molar-refractivity contribution < 1.29 is 0 Å². The summed E-state index contributed by atoms with van der Waals surface area (Å²) >= 11 is 0. The second kappa shape index (κ2) is 11.2. The first-order valence-corrected chi connectivity index (χ1v) is 18.1. The van der Waals surface area contributed by atoms with Gasteiger partial charge in [0.1, 0.15) is 0 Å². The molecule has 2 aliphatic carbocycles. The van der Waals surface area contributed by atoms with Crippen LogP contribution in [0, 0.1) is 0 Å². The molecule has 0 unspecified atom stereocenters. The normalized spacial score (nSPS) is 14.5. The molecule has 10 rings (SSSR count). The van der Waals surface area contributed by atoms with Crippen molar-refractivity contribution in [3.8, 4) is 67.5 Å². The molecule has 0 spiro atoms. The number of hydrogen-bond donors (Lipinski definition) is 0. The molecule has 0 saturated heterocycles. The highest BCUT2D eigenvalue weighted by Crippen LogP contribution is 2.53. The zero-order chi connectivity index (χ0) is 35.2. The van der Waals surface area contributed by atoms with Crippen LogP contribution in [-0.2, 0) is 10.8 Å². The molecule has 3 nitrogen and oxygen atoms in total. The Morgan fingerprint density at radius 2 is 0.846 bits per heavy atom. The summed E-state index contributed by atoms with van der Waals surface area (Å²) in [5, 5.41) is 2.45. The fraction of sp³-hybridized carbons (Fsp3) is 0.122. The highest BCUT2D eigenvalue weighted by Gasteiger charge is 2.38. The highest BCUT2D eigenvalue weighted by molar-refractivity contribution is 5.99. The summed E-state index contributed by atoms with van der Waals surface area (Å²) in [6.07, 6.45) is 0. The van der Waals surface area contributed by atoms with Crippen molar-refractivity contribution in [3.63, 3.8) is 0 Å². The van der Waals surface area contributed by atoms with Crippen LogP contribution in [0.25, 0.3) is 78.3 Å². The van der Waals surface area contributed by atoms with Crippen LogP contribution in [0.3, 0.4) is 0 Å². The molecule has 0 fully saturated rings. The van der Waals surface area contributed by atoms with Crippen molar-refractivity contribution in [1.29, 1.82) is 0 Å². The van der Waals surface area contributed by atoms with Crippen molar-refractivity contribution in [2.45, 2.75) is 38.5 Å². The van der Waals surface area contributed by atoms with Gasteiger partial charge in [0.25, 0.3) is 0 Å². The Kier molecular flexibility index (Phi) is 6.57. The molecule has 0 saturated carbocycles. The van der Waals surface area contributed by atoms with E-state index in [-0.39, 0.29) is 10.8 Å². The van der Waals surface area contributed by atoms with Gasteiger partial charge in [-0.05, 0) is 84.6 Å². The predicted octanol–water partition coefficient (Wildman–Crippen LogP) is 12.3. The molecule has 1 heterocycles. The van der Waals surface area contributed by atoms with E-state index in [4.69, 9.17) is 15.0 Å². The third-order valence-corrected chi connectivity index (χ3v) is 11.5. The number of nitrogens with zero attached hydrogens (tertiary/aromatic N) is 3. The van der Waals surface area contributed by atoms with Crippen molar-refractivity contribution in [2.75, 3.05) is 0 Å². The Hall–Kier alpha value is -6.19. The summed E-state index contributed by atoms with van der Waals surface area (Å²) in [7, 11) is 0. The summed E-state index contributed by atoms with van der Waals surface area (Å²) in [5.41, 5.74) is 15.8. The average molecular weight is 668 g/mol. The lowest BCUT2D eigenvalue weighted by atomic mass is 9.79. The molecule has 0 N–H and O–H groups in total. The molecule has 0 atom stereocenters. The lowest BCUT2D eigenvalue weighted by Gasteiger charge is -2.24. The van der Waals surface area contributed by atoms with Crippen molar-refractivity contribution in [3.05, 3.63) is 174 Å². The third-order valence-electron chi connectivity index (χ3n) is 11.5. The van der Waals surface area contributed by atoms with Gasteiger partial charge in [-0.1, -0.05) is 161 Å². The van der Waals surface area contributed by atoms with Gasteiger partial charge in [-0.15, -0.1) is 0 Å². The summed E-state index contributed by atoms with van der Waals surface area (Å²) < 4.78 is 0. The lowest BCUT2D eigenvalue weighted by Crippen LogP contribution is -2.15. The van der Waals surface area contributed by atoms with Crippen LogP contribution >= 0.6 is 0 Å². The zero-order valence-electron chi connectivity index (χ0n) is 29.8. The molecule has 2 aliphatic rings. The van der Waals surface area contributed by atoms with E-state index in [1.165, 1.54) is 66.4 Å². The van der Waals surface area contributed by atoms with Gasteiger partial charge in [-0.3, -0.25) is 0 Å². The Balaban J connectivity index is 1.09. The molecule has 7 aromatic carbocycles. The summed E-state index contributed by atoms with van der Waals surface area (Å²) in [6.45, 7) is 9.34. The van der Waals surface area contributed by atoms with Gasteiger partial charge in [0.2, 0.25) is 0 Å². The monoisotopic (exact) mass is 667 g/mol. The Morgan fingerprint density at radius 3 is 1.58 bits per heavy atom. The maximum Gasteiger partial charge on any atom is 0.164 e. The van der Waals surface area contributed by atoms with Crippen LogP contribution in [0.1, 0.15) is 49.9 Å². The minimum absolute atomic E-state index is 0.116. The molecular formula is C49H37N3. The molecule has 0 bridgehead atoms. The number of aromatic nitrogens is 3. The van der Waals surface area contributed by atoms with E-state index in [2.05, 4.69) is 161 Å². The standard InChI is InChI=1S/C49H37N3/c1-48(2)41-18-12-11-17-37(41)38-25-22-35(29-42(38)48)47-51-45(31-15-9-6-10-16-31)50-46(52-47)34-21-23-36-33(27-34)20-26-40-39-24-19-32(30-13-7-5-8-14-30)28-43(39)49(3,4)44(36)40/h5-29H,1-4H3. The maximum atomic E-state index is 5.18. The first kappa shape index (κ1) is 30.6. The van der Waals surface area contributed by atoms with Crippen molar-refractivity contribution in [2.24, 2.45) is 0 Å². The van der Waals surface area contributed by atoms with E-state index >= 15 is 0 Å². The predicted molar refractivity (Wildman–Crippen MR) is 214 cm³/mol. The van der Waals surface area contributed by atoms with Crippen LogP contribution in [0.15, 0.2) is 152 Å². The van der Waals surface area contributed by atoms with Gasteiger partial charge in [-0.25, -0.2) is 15.0 Å². The molecule has 52 heavy (non-hydrogen) atoms. The number of fused-ring (bicyclic) bond motifs is 8. The minimum Gasteiger partial charge on any atom is -0.208 e. The Bertz CT molecular complexity index is 2720. The summed E-state index contributed by atoms with van der Waals surface area (Å²) in [4.78, 5) is 15.3. The Morgan fingerprint density at radius 1 is 0.346 bits per heavy atom. The van der Waals surface area contributed by atoms with Gasteiger partial charge >= 0.3 is 0 Å². The van der Waals surface area contributed by atoms with Crippen LogP contribution in [0.4, 0.5) is 0 Å². The van der Waals surface area contributed by atoms with Crippen molar-refractivity contribution in [1.82, 2.24) is 15.0 Å². The van der Waals surface area contributed by atoms with Crippen molar-refractivity contribution >= 4 is 10.8 Å². The van der Waals surface area contributed by atoms with E-state index in [9.17, 15) is 0 Å². The molecule has 1 aromatic heterocycles. The number of hydrogen-bond acceptors (Lipinski definition) is 3. The molecule has 8 aromatic rings. The van der Waals surface area contributed by atoms with Crippen LogP contribution in [0.2, 0.25) is 0 Å². The van der Waals surface area contributed by atoms with Gasteiger partial charge in [-0.2, -0.15) is 0 Å². The third kappa shape index (κ3) is 4.55. The fourth-order valence-electron chi connectivity index (χ4n) is 8.80. The highest BCUT2D eigenvalue weighted by atomic mass is 15.0. The van der Waals surface area contributed by atoms with Gasteiger partial charge in [0.15, 0.2) is 17.5 Å². The topological polar surface area (TPSA) is 38.7 Å². The molecule has 0 amide bonds. The van der Waals surface area contributed by atoms with E-state index < -0.39 is 0 Å². The molecule has 0 radical (unpaired) electrons. The van der Waals surface area contributed by atoms with Gasteiger partial charge < -0.3 is 0 Å². The largest absolute Gasteiger partial charge is 0.208 e. The smallest absolute Gasteiger partial charge is 0.164 e. The molecule has 248 valence electrons. The van der Waals surface area contributed by atoms with Gasteiger partial charge in [0, 0.05) is 27.5 Å². The second-order valence-corrected chi connectivity index (χ2v) is 15.3. The molecule has 3 heteroatoms. The zero-order valence-corrected chi connectivity index (χ0v) is 29.8. The summed E-state index contributed by atoms with van der Waals surface area (Å²) in [5.74, 6) is 2.02. The van der Waals surface area contributed by atoms with Gasteiger partial charge in [0.05, 0.1) is 0 Å².